The molecular formula is C35H39ClF2N6O3. The van der Waals surface area contributed by atoms with Crippen LogP contribution in [0.5, 0.6) is 6.01 Å². The van der Waals surface area contributed by atoms with Gasteiger partial charge >= 0.3 is 12.1 Å². The highest BCUT2D eigenvalue weighted by atomic mass is 35.5. The number of carbonyl (C=O) groups is 1. The second-order valence-electron chi connectivity index (χ2n) is 14.1. The first kappa shape index (κ1) is 31.8. The van der Waals surface area contributed by atoms with Crippen LogP contribution in [0.3, 0.4) is 0 Å². The lowest BCUT2D eigenvalue weighted by atomic mass is 9.95. The molecule has 2 aromatic heterocycles. The number of nitrogens with zero attached hydrogens (tertiary/aromatic N) is 6. The second-order valence-corrected chi connectivity index (χ2v) is 14.5. The van der Waals surface area contributed by atoms with E-state index in [9.17, 15) is 9.18 Å². The third-order valence-electron chi connectivity index (χ3n) is 9.62. The molecule has 1 amide bonds. The van der Waals surface area contributed by atoms with Crippen LogP contribution < -0.4 is 9.64 Å². The summed E-state index contributed by atoms with van der Waals surface area (Å²) in [6.07, 6.45) is 5.55. The van der Waals surface area contributed by atoms with E-state index in [1.54, 1.807) is 35.4 Å². The molecular weight excluding hydrogens is 626 g/mol. The van der Waals surface area contributed by atoms with Gasteiger partial charge in [0, 0.05) is 49.7 Å². The topological polar surface area (TPSA) is 83.9 Å². The number of likely N-dealkylation sites (tertiary alicyclic amines) is 1. The molecule has 3 saturated heterocycles. The molecule has 2 aromatic carbocycles. The molecule has 3 fully saturated rings. The Labute approximate surface area is 277 Å². The van der Waals surface area contributed by atoms with E-state index < -0.39 is 17.2 Å². The Morgan fingerprint density at radius 3 is 2.57 bits per heavy atom. The van der Waals surface area contributed by atoms with Crippen molar-refractivity contribution in [1.29, 1.82) is 0 Å². The van der Waals surface area contributed by atoms with E-state index in [-0.39, 0.29) is 39.8 Å². The molecule has 0 radical (unpaired) electrons. The first-order valence-electron chi connectivity index (χ1n) is 16.2. The van der Waals surface area contributed by atoms with Gasteiger partial charge in [0.25, 0.3) is 0 Å². The van der Waals surface area contributed by atoms with Gasteiger partial charge in [-0.2, -0.15) is 9.97 Å². The molecule has 0 saturated carbocycles. The van der Waals surface area contributed by atoms with Crippen LogP contribution in [-0.2, 0) is 4.74 Å². The first-order chi connectivity index (χ1) is 22.4. The van der Waals surface area contributed by atoms with Crippen molar-refractivity contribution in [2.45, 2.75) is 57.6 Å². The predicted molar refractivity (Wildman–Crippen MR) is 178 cm³/mol. The van der Waals surface area contributed by atoms with Crippen molar-refractivity contribution in [3.8, 4) is 17.3 Å². The smallest absolute Gasteiger partial charge is 0.410 e. The maximum absolute atomic E-state index is 16.7. The fraction of sp³-hybridized carbons (Fsp3) is 0.486. The summed E-state index contributed by atoms with van der Waals surface area (Å²) >= 11 is 6.41. The van der Waals surface area contributed by atoms with Gasteiger partial charge in [0.15, 0.2) is 5.82 Å². The fourth-order valence-corrected chi connectivity index (χ4v) is 7.64. The van der Waals surface area contributed by atoms with Crippen molar-refractivity contribution in [3.63, 3.8) is 0 Å². The van der Waals surface area contributed by atoms with Crippen molar-refractivity contribution in [3.05, 3.63) is 53.2 Å². The highest BCUT2D eigenvalue weighted by molar-refractivity contribution is 6.36. The zero-order valence-corrected chi connectivity index (χ0v) is 27.9. The summed E-state index contributed by atoms with van der Waals surface area (Å²) in [5.41, 5.74) is -0.178. The number of amides is 1. The van der Waals surface area contributed by atoms with Crippen molar-refractivity contribution in [2.24, 2.45) is 5.92 Å². The van der Waals surface area contributed by atoms with Gasteiger partial charge in [0.05, 0.1) is 15.9 Å². The van der Waals surface area contributed by atoms with Gasteiger partial charge in [0.1, 0.15) is 35.1 Å². The van der Waals surface area contributed by atoms with Crippen LogP contribution in [0.2, 0.25) is 5.02 Å². The van der Waals surface area contributed by atoms with Gasteiger partial charge in [-0.1, -0.05) is 35.9 Å². The van der Waals surface area contributed by atoms with Crippen LogP contribution in [0.4, 0.5) is 19.4 Å². The molecule has 0 spiro atoms. The number of ether oxygens (including phenoxy) is 2. The largest absolute Gasteiger partial charge is 0.461 e. The number of carbonyl (C=O) groups excluding carboxylic acids is 1. The Morgan fingerprint density at radius 1 is 1.11 bits per heavy atom. The summed E-state index contributed by atoms with van der Waals surface area (Å²) in [5, 5.41) is 1.37. The quantitative estimate of drug-likeness (QED) is 0.207. The molecule has 12 heteroatoms. The standard InChI is InChI=1S/C35H39ClF2N6O3/c1-34(2,3)47-33(45)43-18-21(19-43)17-42(4)31-24-16-39-29(23-9-5-8-22-10-11-25(37)27(36)26(22)23)28(38)30(24)40-32(41-31)46-20-35-12-6-14-44(35)15-7-13-35/h5,8-11,16,21H,6-7,12-15,17-20H2,1-4H3. The van der Waals surface area contributed by atoms with E-state index >= 15 is 4.39 Å². The zero-order chi connectivity index (χ0) is 33.1. The third-order valence-corrected chi connectivity index (χ3v) is 9.99. The summed E-state index contributed by atoms with van der Waals surface area (Å²) in [4.78, 5) is 32.5. The monoisotopic (exact) mass is 664 g/mol. The Hall–Kier alpha value is -3.83. The Bertz CT molecular complexity index is 1850. The van der Waals surface area contributed by atoms with Gasteiger partial charge in [-0.25, -0.2) is 13.6 Å². The lowest BCUT2D eigenvalue weighted by Gasteiger charge is -2.41. The van der Waals surface area contributed by atoms with Crippen LogP contribution in [-0.4, -0.2) is 88.4 Å². The van der Waals surface area contributed by atoms with Crippen molar-refractivity contribution < 1.29 is 23.0 Å². The van der Waals surface area contributed by atoms with E-state index in [1.165, 1.54) is 6.07 Å². The number of pyridine rings is 1. The van der Waals surface area contributed by atoms with Crippen LogP contribution in [0.15, 0.2) is 36.5 Å². The van der Waals surface area contributed by atoms with E-state index in [4.69, 9.17) is 26.1 Å². The van der Waals surface area contributed by atoms with Gasteiger partial charge in [-0.15, -0.1) is 0 Å². The normalized spacial score (nSPS) is 18.1. The maximum Gasteiger partial charge on any atom is 0.410 e. The predicted octanol–water partition coefficient (Wildman–Crippen LogP) is 7.09. The number of aromatic nitrogens is 3. The van der Waals surface area contributed by atoms with Crippen molar-refractivity contribution in [2.75, 3.05) is 51.3 Å². The number of fused-ring (bicyclic) bond motifs is 3. The van der Waals surface area contributed by atoms with Crippen LogP contribution in [0.25, 0.3) is 32.9 Å². The molecule has 0 unspecified atom stereocenters. The summed E-state index contributed by atoms with van der Waals surface area (Å²) in [6, 6.07) is 8.23. The minimum atomic E-state index is -0.668. The lowest BCUT2D eigenvalue weighted by molar-refractivity contribution is 0.000176. The lowest BCUT2D eigenvalue weighted by Crippen LogP contribution is -2.54. The highest BCUT2D eigenvalue weighted by Crippen LogP contribution is 2.41. The molecule has 5 heterocycles. The van der Waals surface area contributed by atoms with Gasteiger partial charge in [0.2, 0.25) is 0 Å². The zero-order valence-electron chi connectivity index (χ0n) is 27.2. The number of halogens is 3. The number of rotatable bonds is 7. The fourth-order valence-electron chi connectivity index (χ4n) is 7.37. The van der Waals surface area contributed by atoms with E-state index in [1.807, 2.05) is 32.7 Å². The molecule has 4 aromatic rings. The average Bonchev–Trinajstić information content (AvgIpc) is 3.59. The second kappa shape index (κ2) is 12.0. The number of hydrogen-bond donors (Lipinski definition) is 0. The average molecular weight is 665 g/mol. The number of hydrogen-bond acceptors (Lipinski definition) is 8. The summed E-state index contributed by atoms with van der Waals surface area (Å²) in [7, 11) is 1.88. The Morgan fingerprint density at radius 2 is 1.85 bits per heavy atom. The Balaban J connectivity index is 1.24. The first-order valence-corrected chi connectivity index (χ1v) is 16.6. The summed E-state index contributed by atoms with van der Waals surface area (Å²) < 4.78 is 43.1. The third kappa shape index (κ3) is 5.92. The summed E-state index contributed by atoms with van der Waals surface area (Å²) in [5.74, 6) is -0.620. The maximum atomic E-state index is 16.7. The van der Waals surface area contributed by atoms with Gasteiger partial charge < -0.3 is 19.3 Å². The molecule has 0 atom stereocenters. The van der Waals surface area contributed by atoms with Crippen LogP contribution >= 0.6 is 11.6 Å². The molecule has 3 aliphatic rings. The SMILES string of the molecule is CN(CC1CN(C(=O)OC(C)(C)C)C1)c1nc(OCC23CCCN2CCC3)nc2c(F)c(-c3cccc4ccc(F)c(Cl)c34)ncc12. The van der Waals surface area contributed by atoms with Crippen molar-refractivity contribution in [1.82, 2.24) is 24.8 Å². The van der Waals surface area contributed by atoms with Crippen molar-refractivity contribution >= 4 is 45.2 Å². The molecule has 0 N–H and O–H groups in total. The minimum Gasteiger partial charge on any atom is -0.461 e. The molecule has 47 heavy (non-hydrogen) atoms. The van der Waals surface area contributed by atoms with Crippen LogP contribution in [0, 0.1) is 17.6 Å². The molecule has 3 aliphatic heterocycles. The number of benzene rings is 2. The molecule has 0 bridgehead atoms. The number of anilines is 1. The summed E-state index contributed by atoms with van der Waals surface area (Å²) in [6.45, 7) is 9.70. The Kier molecular flexibility index (Phi) is 8.11. The van der Waals surface area contributed by atoms with Gasteiger partial charge in [-0.05, 0) is 71.0 Å². The molecule has 7 rings (SSSR count). The van der Waals surface area contributed by atoms with E-state index in [2.05, 4.69) is 14.9 Å². The molecule has 0 aliphatic carbocycles. The van der Waals surface area contributed by atoms with E-state index in [0.717, 1.165) is 38.8 Å². The highest BCUT2D eigenvalue weighted by Gasteiger charge is 2.45. The van der Waals surface area contributed by atoms with Gasteiger partial charge in [-0.3, -0.25) is 9.88 Å². The molecule has 9 nitrogen and oxygen atoms in total. The van der Waals surface area contributed by atoms with Crippen LogP contribution in [0.1, 0.15) is 46.5 Å². The van der Waals surface area contributed by atoms with E-state index in [0.29, 0.717) is 53.8 Å². The molecule has 248 valence electrons. The minimum absolute atomic E-state index is 0.0113.